The van der Waals surface area contributed by atoms with Crippen LogP contribution in [0.2, 0.25) is 0 Å². The Kier molecular flexibility index (Phi) is 1.55. The summed E-state index contributed by atoms with van der Waals surface area (Å²) >= 11 is 0. The smallest absolute Gasteiger partial charge is 0.0875 e. The maximum Gasteiger partial charge on any atom is 0.0875 e. The van der Waals surface area contributed by atoms with Crippen LogP contribution < -0.4 is 5.73 Å². The summed E-state index contributed by atoms with van der Waals surface area (Å²) < 4.78 is 7.57. The van der Waals surface area contributed by atoms with E-state index >= 15 is 0 Å². The zero-order valence-corrected chi connectivity index (χ0v) is 7.86. The molecule has 0 saturated heterocycles. The lowest BCUT2D eigenvalue weighted by molar-refractivity contribution is 0.107. The standard InChI is InChI=1S/C11H12N2O/c12-11-8-4-6-14-7-10(8)13-5-2-1-3-9(11)13/h1-3,5H,4,6-7,12H2. The van der Waals surface area contributed by atoms with E-state index in [4.69, 9.17) is 10.5 Å². The van der Waals surface area contributed by atoms with Gasteiger partial charge in [0.15, 0.2) is 0 Å². The van der Waals surface area contributed by atoms with Gasteiger partial charge in [-0.15, -0.1) is 0 Å². The summed E-state index contributed by atoms with van der Waals surface area (Å²) in [6.07, 6.45) is 2.97. The highest BCUT2D eigenvalue weighted by molar-refractivity contribution is 5.76. The largest absolute Gasteiger partial charge is 0.397 e. The minimum atomic E-state index is 0.678. The molecule has 2 aromatic heterocycles. The number of nitrogen functional groups attached to an aromatic ring is 1. The summed E-state index contributed by atoms with van der Waals surface area (Å²) in [5, 5.41) is 0. The van der Waals surface area contributed by atoms with Gasteiger partial charge in [-0.25, -0.2) is 0 Å². The van der Waals surface area contributed by atoms with Crippen molar-refractivity contribution in [1.82, 2.24) is 4.40 Å². The lowest BCUT2D eigenvalue weighted by Gasteiger charge is -2.13. The molecule has 72 valence electrons. The van der Waals surface area contributed by atoms with Crippen LogP contribution in [-0.4, -0.2) is 11.0 Å². The van der Waals surface area contributed by atoms with Crippen LogP contribution in [0.4, 0.5) is 5.69 Å². The van der Waals surface area contributed by atoms with Gasteiger partial charge in [0.25, 0.3) is 0 Å². The van der Waals surface area contributed by atoms with Crippen LogP contribution in [0, 0.1) is 0 Å². The highest BCUT2D eigenvalue weighted by atomic mass is 16.5. The van der Waals surface area contributed by atoms with Crippen LogP contribution in [0.1, 0.15) is 11.3 Å². The lowest BCUT2D eigenvalue weighted by Crippen LogP contribution is -2.10. The average molecular weight is 188 g/mol. The van der Waals surface area contributed by atoms with Crippen molar-refractivity contribution in [1.29, 1.82) is 0 Å². The number of hydrogen-bond donors (Lipinski definition) is 1. The Hall–Kier alpha value is -1.48. The predicted molar refractivity (Wildman–Crippen MR) is 55.2 cm³/mol. The first-order valence-electron chi connectivity index (χ1n) is 4.82. The van der Waals surface area contributed by atoms with Crippen LogP contribution >= 0.6 is 0 Å². The SMILES string of the molecule is Nc1c2c(n3ccccc13)COCC2. The number of fused-ring (bicyclic) bond motifs is 3. The molecule has 3 rings (SSSR count). The first kappa shape index (κ1) is 7.88. The summed E-state index contributed by atoms with van der Waals surface area (Å²) in [6, 6.07) is 6.08. The van der Waals surface area contributed by atoms with E-state index < -0.39 is 0 Å². The quantitative estimate of drug-likeness (QED) is 0.682. The van der Waals surface area contributed by atoms with E-state index in [9.17, 15) is 0 Å². The van der Waals surface area contributed by atoms with Crippen LogP contribution in [0.25, 0.3) is 5.52 Å². The Morgan fingerprint density at radius 1 is 1.36 bits per heavy atom. The van der Waals surface area contributed by atoms with Crippen LogP contribution in [0.5, 0.6) is 0 Å². The van der Waals surface area contributed by atoms with E-state index in [1.54, 1.807) is 0 Å². The Morgan fingerprint density at radius 2 is 2.29 bits per heavy atom. The van der Waals surface area contributed by atoms with Crippen molar-refractivity contribution in [2.75, 3.05) is 12.3 Å². The molecule has 0 atom stereocenters. The molecule has 3 heterocycles. The van der Waals surface area contributed by atoms with Gasteiger partial charge in [0.05, 0.1) is 30.1 Å². The third-order valence-electron chi connectivity index (χ3n) is 2.84. The maximum absolute atomic E-state index is 6.08. The van der Waals surface area contributed by atoms with Gasteiger partial charge >= 0.3 is 0 Å². The molecule has 0 saturated carbocycles. The van der Waals surface area contributed by atoms with Gasteiger partial charge in [-0.05, 0) is 18.6 Å². The molecular formula is C11H12N2O. The number of aromatic nitrogens is 1. The summed E-state index contributed by atoms with van der Waals surface area (Å²) in [7, 11) is 0. The molecule has 1 aliphatic heterocycles. The monoisotopic (exact) mass is 188 g/mol. The number of rotatable bonds is 0. The molecule has 0 bridgehead atoms. The highest BCUT2D eigenvalue weighted by Gasteiger charge is 2.18. The zero-order valence-electron chi connectivity index (χ0n) is 7.86. The fourth-order valence-corrected chi connectivity index (χ4v) is 2.13. The summed E-state index contributed by atoms with van der Waals surface area (Å²) in [4.78, 5) is 0. The fourth-order valence-electron chi connectivity index (χ4n) is 2.13. The summed E-state index contributed by atoms with van der Waals surface area (Å²) in [6.45, 7) is 1.46. The second-order valence-electron chi connectivity index (χ2n) is 3.60. The molecule has 0 amide bonds. The van der Waals surface area contributed by atoms with Crippen molar-refractivity contribution in [3.8, 4) is 0 Å². The molecule has 3 heteroatoms. The Balaban J connectivity index is 2.41. The molecule has 2 N–H and O–H groups in total. The van der Waals surface area contributed by atoms with E-state index in [2.05, 4.69) is 4.40 Å². The molecule has 1 aliphatic rings. The fraction of sp³-hybridized carbons (Fsp3) is 0.273. The molecule has 0 radical (unpaired) electrons. The van der Waals surface area contributed by atoms with Gasteiger partial charge in [0, 0.05) is 11.8 Å². The molecular weight excluding hydrogens is 176 g/mol. The lowest BCUT2D eigenvalue weighted by atomic mass is 10.1. The maximum atomic E-state index is 6.08. The number of pyridine rings is 1. The third-order valence-corrected chi connectivity index (χ3v) is 2.84. The van der Waals surface area contributed by atoms with Crippen LogP contribution in [0.15, 0.2) is 24.4 Å². The second kappa shape index (κ2) is 2.75. The summed E-state index contributed by atoms with van der Waals surface area (Å²) in [5.74, 6) is 0. The van der Waals surface area contributed by atoms with E-state index in [-0.39, 0.29) is 0 Å². The molecule has 0 fully saturated rings. The normalized spacial score (nSPS) is 15.7. The number of ether oxygens (including phenoxy) is 1. The Morgan fingerprint density at radius 3 is 3.21 bits per heavy atom. The number of hydrogen-bond acceptors (Lipinski definition) is 2. The van der Waals surface area contributed by atoms with E-state index in [0.29, 0.717) is 6.61 Å². The van der Waals surface area contributed by atoms with Gasteiger partial charge in [-0.3, -0.25) is 0 Å². The van der Waals surface area contributed by atoms with E-state index in [1.165, 1.54) is 11.3 Å². The van der Waals surface area contributed by atoms with Gasteiger partial charge < -0.3 is 14.9 Å². The van der Waals surface area contributed by atoms with Gasteiger partial charge in [-0.2, -0.15) is 0 Å². The molecule has 3 nitrogen and oxygen atoms in total. The highest BCUT2D eigenvalue weighted by Crippen LogP contribution is 2.29. The predicted octanol–water partition coefficient (Wildman–Crippen LogP) is 1.59. The first-order valence-corrected chi connectivity index (χ1v) is 4.82. The number of nitrogens with two attached hydrogens (primary N) is 1. The Bertz CT molecular complexity index is 487. The second-order valence-corrected chi connectivity index (χ2v) is 3.60. The van der Waals surface area contributed by atoms with Crippen molar-refractivity contribution in [3.05, 3.63) is 35.7 Å². The topological polar surface area (TPSA) is 39.7 Å². The molecule has 0 aliphatic carbocycles. The minimum Gasteiger partial charge on any atom is -0.397 e. The zero-order chi connectivity index (χ0) is 9.54. The van der Waals surface area contributed by atoms with Crippen molar-refractivity contribution in [2.45, 2.75) is 13.0 Å². The first-order chi connectivity index (χ1) is 6.88. The minimum absolute atomic E-state index is 0.678. The van der Waals surface area contributed by atoms with Crippen LogP contribution in [-0.2, 0) is 17.8 Å². The van der Waals surface area contributed by atoms with Gasteiger partial charge in [-0.1, -0.05) is 6.07 Å². The van der Waals surface area contributed by atoms with Gasteiger partial charge in [0.2, 0.25) is 0 Å². The average Bonchev–Trinajstić information content (AvgIpc) is 2.55. The van der Waals surface area contributed by atoms with Crippen molar-refractivity contribution in [3.63, 3.8) is 0 Å². The summed E-state index contributed by atoms with van der Waals surface area (Å²) in [5.41, 5.74) is 10.6. The van der Waals surface area contributed by atoms with Crippen molar-refractivity contribution >= 4 is 11.2 Å². The molecule has 0 unspecified atom stereocenters. The van der Waals surface area contributed by atoms with Gasteiger partial charge in [0.1, 0.15) is 0 Å². The third kappa shape index (κ3) is 0.902. The van der Waals surface area contributed by atoms with E-state index in [1.807, 2.05) is 24.4 Å². The Labute approximate surface area is 82.1 Å². The molecule has 0 aromatic carbocycles. The van der Waals surface area contributed by atoms with Crippen molar-refractivity contribution in [2.24, 2.45) is 0 Å². The van der Waals surface area contributed by atoms with E-state index in [0.717, 1.165) is 24.2 Å². The molecule has 14 heavy (non-hydrogen) atoms. The number of anilines is 1. The molecule has 2 aromatic rings. The van der Waals surface area contributed by atoms with Crippen LogP contribution in [0.3, 0.4) is 0 Å². The van der Waals surface area contributed by atoms with Crippen molar-refractivity contribution < 1.29 is 4.74 Å². The molecule has 0 spiro atoms. The number of nitrogens with zero attached hydrogens (tertiary/aromatic N) is 1.